The van der Waals surface area contributed by atoms with Gasteiger partial charge in [0.25, 0.3) is 0 Å². The van der Waals surface area contributed by atoms with Crippen LogP contribution >= 0.6 is 0 Å². The van der Waals surface area contributed by atoms with Crippen molar-refractivity contribution in [2.24, 2.45) is 0 Å². The topological polar surface area (TPSA) is 87.8 Å². The molecule has 19 heavy (non-hydrogen) atoms. The van der Waals surface area contributed by atoms with Crippen LogP contribution < -0.4 is 0 Å². The van der Waals surface area contributed by atoms with Gasteiger partial charge in [0.1, 0.15) is 10.7 Å². The van der Waals surface area contributed by atoms with Crippen molar-refractivity contribution in [3.05, 3.63) is 17.6 Å². The summed E-state index contributed by atoms with van der Waals surface area (Å²) in [5, 5.41) is 8.80. The Bertz CT molecular complexity index is 546. The summed E-state index contributed by atoms with van der Waals surface area (Å²) in [4.78, 5) is 10.7. The summed E-state index contributed by atoms with van der Waals surface area (Å²) in [6.07, 6.45) is 2.72. The van der Waals surface area contributed by atoms with E-state index in [4.69, 9.17) is 9.52 Å². The quantitative estimate of drug-likeness (QED) is 0.776. The first-order chi connectivity index (χ1) is 8.80. The molecule has 0 radical (unpaired) electrons. The Kier molecular flexibility index (Phi) is 5.13. The van der Waals surface area contributed by atoms with E-state index < -0.39 is 16.0 Å². The van der Waals surface area contributed by atoms with Gasteiger partial charge in [0, 0.05) is 19.7 Å². The van der Waals surface area contributed by atoms with Gasteiger partial charge in [-0.05, 0) is 13.3 Å². The molecule has 0 aliphatic rings. The molecule has 0 bridgehead atoms. The summed E-state index contributed by atoms with van der Waals surface area (Å²) in [7, 11) is -2.20. The Morgan fingerprint density at radius 3 is 2.53 bits per heavy atom. The van der Waals surface area contributed by atoms with Crippen LogP contribution in [0.25, 0.3) is 0 Å². The molecule has 0 aromatic carbocycles. The molecule has 1 N–H and O–H groups in total. The van der Waals surface area contributed by atoms with Gasteiger partial charge in [0.15, 0.2) is 0 Å². The molecule has 6 nitrogen and oxygen atoms in total. The second-order valence-corrected chi connectivity index (χ2v) is 6.38. The minimum absolute atomic E-state index is 0.0797. The van der Waals surface area contributed by atoms with Gasteiger partial charge >= 0.3 is 5.97 Å². The molecule has 0 fully saturated rings. The van der Waals surface area contributed by atoms with Crippen molar-refractivity contribution >= 4 is 16.0 Å². The van der Waals surface area contributed by atoms with Gasteiger partial charge < -0.3 is 9.52 Å². The van der Waals surface area contributed by atoms with Crippen LogP contribution in [0.2, 0.25) is 0 Å². The van der Waals surface area contributed by atoms with E-state index in [1.807, 2.05) is 6.92 Å². The number of nitrogens with zero attached hydrogens (tertiary/aromatic N) is 1. The van der Waals surface area contributed by atoms with Gasteiger partial charge in [-0.15, -0.1) is 0 Å². The molecule has 1 heterocycles. The lowest BCUT2D eigenvalue weighted by Crippen LogP contribution is -2.28. The maximum Gasteiger partial charge on any atom is 0.371 e. The van der Waals surface area contributed by atoms with E-state index in [-0.39, 0.29) is 16.4 Å². The van der Waals surface area contributed by atoms with E-state index in [9.17, 15) is 13.2 Å². The number of sulfonamides is 1. The highest BCUT2D eigenvalue weighted by Gasteiger charge is 2.27. The molecule has 1 aromatic heterocycles. The second-order valence-electron chi connectivity index (χ2n) is 4.37. The smallest absolute Gasteiger partial charge is 0.371 e. The van der Waals surface area contributed by atoms with Crippen LogP contribution in [-0.4, -0.2) is 37.4 Å². The predicted molar refractivity (Wildman–Crippen MR) is 69.7 cm³/mol. The third-order valence-corrected chi connectivity index (χ3v) is 4.81. The molecular weight excluding hydrogens is 270 g/mol. The van der Waals surface area contributed by atoms with Crippen LogP contribution in [0.3, 0.4) is 0 Å². The van der Waals surface area contributed by atoms with Crippen LogP contribution in [0, 0.1) is 6.92 Å². The standard InChI is InChI=1S/C12H19NO5S/c1-4-5-6-7-13(3)19(16,17)11-8-10(12(14)15)18-9(11)2/h8H,4-7H2,1-3H3,(H,14,15). The van der Waals surface area contributed by atoms with Gasteiger partial charge in [-0.1, -0.05) is 19.8 Å². The Hall–Kier alpha value is -1.34. The minimum atomic E-state index is -3.69. The fraction of sp³-hybridized carbons (Fsp3) is 0.583. The lowest BCUT2D eigenvalue weighted by Gasteiger charge is -2.16. The largest absolute Gasteiger partial charge is 0.475 e. The van der Waals surface area contributed by atoms with Crippen LogP contribution in [0.15, 0.2) is 15.4 Å². The molecule has 7 heteroatoms. The Balaban J connectivity index is 2.96. The summed E-state index contributed by atoms with van der Waals surface area (Å²) < 4.78 is 30.7. The van der Waals surface area contributed by atoms with Gasteiger partial charge in [-0.3, -0.25) is 0 Å². The second kappa shape index (κ2) is 6.21. The SMILES string of the molecule is CCCCCN(C)S(=O)(=O)c1cc(C(=O)O)oc1C. The highest BCUT2D eigenvalue weighted by Crippen LogP contribution is 2.23. The number of hydrogen-bond acceptors (Lipinski definition) is 4. The number of carboxylic acids is 1. The molecule has 0 aliphatic heterocycles. The first kappa shape index (κ1) is 15.7. The van der Waals surface area contributed by atoms with Crippen LogP contribution in [0.5, 0.6) is 0 Å². The molecular formula is C12H19NO5S. The average Bonchev–Trinajstić information content (AvgIpc) is 2.72. The maximum atomic E-state index is 12.3. The fourth-order valence-electron chi connectivity index (χ4n) is 1.70. The number of furan rings is 1. The number of carbonyl (C=O) groups is 1. The van der Waals surface area contributed by atoms with Gasteiger partial charge in [-0.2, -0.15) is 0 Å². The van der Waals surface area contributed by atoms with Gasteiger partial charge in [-0.25, -0.2) is 17.5 Å². The van der Waals surface area contributed by atoms with Crippen molar-refractivity contribution in [1.29, 1.82) is 0 Å². The zero-order valence-electron chi connectivity index (χ0n) is 11.3. The van der Waals surface area contributed by atoms with Crippen molar-refractivity contribution in [3.63, 3.8) is 0 Å². The van der Waals surface area contributed by atoms with Crippen molar-refractivity contribution in [3.8, 4) is 0 Å². The third-order valence-electron chi connectivity index (χ3n) is 2.85. The molecule has 1 rings (SSSR count). The van der Waals surface area contributed by atoms with Crippen molar-refractivity contribution in [1.82, 2.24) is 4.31 Å². The number of aryl methyl sites for hydroxylation is 1. The van der Waals surface area contributed by atoms with Crippen molar-refractivity contribution < 1.29 is 22.7 Å². The van der Waals surface area contributed by atoms with E-state index in [1.165, 1.54) is 18.3 Å². The number of hydrogen-bond donors (Lipinski definition) is 1. The first-order valence-corrected chi connectivity index (χ1v) is 7.54. The zero-order chi connectivity index (χ0) is 14.6. The summed E-state index contributed by atoms with van der Waals surface area (Å²) in [6, 6.07) is 1.06. The lowest BCUT2D eigenvalue weighted by molar-refractivity contribution is 0.0661. The van der Waals surface area contributed by atoms with Crippen LogP contribution in [-0.2, 0) is 10.0 Å². The van der Waals surface area contributed by atoms with E-state index in [2.05, 4.69) is 0 Å². The van der Waals surface area contributed by atoms with E-state index >= 15 is 0 Å². The molecule has 1 aromatic rings. The number of aromatic carboxylic acids is 1. The summed E-state index contributed by atoms with van der Waals surface area (Å²) in [6.45, 7) is 3.89. The molecule has 0 atom stereocenters. The molecule has 0 amide bonds. The van der Waals surface area contributed by atoms with E-state index in [0.29, 0.717) is 6.54 Å². The van der Waals surface area contributed by atoms with E-state index in [1.54, 1.807) is 0 Å². The highest BCUT2D eigenvalue weighted by atomic mass is 32.2. The van der Waals surface area contributed by atoms with Crippen LogP contribution in [0.4, 0.5) is 0 Å². The zero-order valence-corrected chi connectivity index (χ0v) is 12.2. The monoisotopic (exact) mass is 289 g/mol. The fourth-order valence-corrected chi connectivity index (χ4v) is 3.07. The minimum Gasteiger partial charge on any atom is -0.475 e. The third kappa shape index (κ3) is 3.57. The molecule has 0 unspecified atom stereocenters. The first-order valence-electron chi connectivity index (χ1n) is 6.10. The lowest BCUT2D eigenvalue weighted by atomic mass is 10.2. The van der Waals surface area contributed by atoms with Crippen molar-refractivity contribution in [2.45, 2.75) is 38.0 Å². The average molecular weight is 289 g/mol. The van der Waals surface area contributed by atoms with Gasteiger partial charge in [0.2, 0.25) is 15.8 Å². The molecule has 0 aliphatic carbocycles. The van der Waals surface area contributed by atoms with Crippen LogP contribution in [0.1, 0.15) is 42.5 Å². The normalized spacial score (nSPS) is 12.0. The summed E-state index contributed by atoms with van der Waals surface area (Å²) in [5.74, 6) is -1.55. The Morgan fingerprint density at radius 2 is 2.05 bits per heavy atom. The number of rotatable bonds is 7. The highest BCUT2D eigenvalue weighted by molar-refractivity contribution is 7.89. The summed E-state index contributed by atoms with van der Waals surface area (Å²) >= 11 is 0. The van der Waals surface area contributed by atoms with E-state index in [0.717, 1.165) is 25.3 Å². The predicted octanol–water partition coefficient (Wildman–Crippen LogP) is 2.10. The molecule has 0 saturated carbocycles. The maximum absolute atomic E-state index is 12.3. The van der Waals surface area contributed by atoms with Crippen molar-refractivity contribution in [2.75, 3.05) is 13.6 Å². The number of unbranched alkanes of at least 4 members (excludes halogenated alkanes) is 2. The molecule has 0 spiro atoms. The molecule has 108 valence electrons. The van der Waals surface area contributed by atoms with Gasteiger partial charge in [0.05, 0.1) is 0 Å². The number of carboxylic acid groups (broad SMARTS) is 1. The Morgan fingerprint density at radius 1 is 1.42 bits per heavy atom. The molecule has 0 saturated heterocycles. The summed E-state index contributed by atoms with van der Waals surface area (Å²) in [5.41, 5.74) is 0. The Labute approximate surface area is 113 Å².